The number of aryl methyl sites for hydroxylation is 1. The van der Waals surface area contributed by atoms with E-state index in [0.29, 0.717) is 36.1 Å². The van der Waals surface area contributed by atoms with E-state index in [1.807, 2.05) is 17.0 Å². The fraction of sp³-hybridized carbons (Fsp3) is 0.364. The molecule has 32 heavy (non-hydrogen) atoms. The van der Waals surface area contributed by atoms with Gasteiger partial charge in [-0.15, -0.1) is 11.3 Å². The summed E-state index contributed by atoms with van der Waals surface area (Å²) in [6.07, 6.45) is 3.05. The highest BCUT2D eigenvalue weighted by Gasteiger charge is 2.32. The van der Waals surface area contributed by atoms with Crippen molar-refractivity contribution in [3.8, 4) is 5.75 Å². The summed E-state index contributed by atoms with van der Waals surface area (Å²) in [4.78, 5) is 14.9. The molecule has 0 unspecified atom stereocenters. The SMILES string of the molecule is Cn1ncc(N2CCN(S(=O)(=O)c3cccs3)CC2)c(OC2Cc3ccccc3C2)c1=O. The summed E-state index contributed by atoms with van der Waals surface area (Å²) in [5.74, 6) is 0.287. The molecule has 0 N–H and O–H groups in total. The molecule has 0 saturated carbocycles. The molecule has 1 aromatic carbocycles. The van der Waals surface area contributed by atoms with Crippen LogP contribution in [0, 0.1) is 0 Å². The highest BCUT2D eigenvalue weighted by Crippen LogP contribution is 2.31. The molecule has 1 fully saturated rings. The second-order valence-corrected chi connectivity index (χ2v) is 11.1. The Balaban J connectivity index is 1.35. The molecule has 0 spiro atoms. The first kappa shape index (κ1) is 21.2. The quantitative estimate of drug-likeness (QED) is 0.564. The van der Waals surface area contributed by atoms with E-state index in [1.165, 1.54) is 31.5 Å². The van der Waals surface area contributed by atoms with Crippen LogP contribution in [0.5, 0.6) is 5.75 Å². The largest absolute Gasteiger partial charge is 0.482 e. The van der Waals surface area contributed by atoms with Crippen LogP contribution < -0.4 is 15.2 Å². The number of benzene rings is 1. The van der Waals surface area contributed by atoms with Gasteiger partial charge in [-0.25, -0.2) is 13.1 Å². The third kappa shape index (κ3) is 3.82. The minimum atomic E-state index is -3.49. The first-order valence-electron chi connectivity index (χ1n) is 10.5. The van der Waals surface area contributed by atoms with Crippen LogP contribution >= 0.6 is 11.3 Å². The minimum absolute atomic E-state index is 0.109. The van der Waals surface area contributed by atoms with E-state index in [1.54, 1.807) is 30.8 Å². The van der Waals surface area contributed by atoms with Gasteiger partial charge in [0, 0.05) is 46.1 Å². The van der Waals surface area contributed by atoms with Crippen LogP contribution in [-0.4, -0.2) is 54.8 Å². The van der Waals surface area contributed by atoms with Crippen molar-refractivity contribution in [1.82, 2.24) is 14.1 Å². The van der Waals surface area contributed by atoms with Crippen molar-refractivity contribution in [2.45, 2.75) is 23.2 Å². The number of fused-ring (bicyclic) bond motifs is 1. The summed E-state index contributed by atoms with van der Waals surface area (Å²) in [5.41, 5.74) is 2.83. The zero-order chi connectivity index (χ0) is 22.3. The maximum atomic E-state index is 12.9. The van der Waals surface area contributed by atoms with Crippen molar-refractivity contribution < 1.29 is 13.2 Å². The lowest BCUT2D eigenvalue weighted by molar-refractivity contribution is 0.209. The van der Waals surface area contributed by atoms with Gasteiger partial charge in [0.1, 0.15) is 16.0 Å². The monoisotopic (exact) mass is 472 g/mol. The topological polar surface area (TPSA) is 84.7 Å². The lowest BCUT2D eigenvalue weighted by atomic mass is 10.1. The van der Waals surface area contributed by atoms with E-state index in [9.17, 15) is 13.2 Å². The summed E-state index contributed by atoms with van der Waals surface area (Å²) in [5, 5.41) is 5.95. The minimum Gasteiger partial charge on any atom is -0.482 e. The highest BCUT2D eigenvalue weighted by molar-refractivity contribution is 7.91. The Morgan fingerprint density at radius 1 is 1.03 bits per heavy atom. The van der Waals surface area contributed by atoms with E-state index in [-0.39, 0.29) is 17.4 Å². The molecular formula is C22H24N4O4S2. The number of hydrogen-bond acceptors (Lipinski definition) is 7. The molecule has 1 aliphatic heterocycles. The first-order chi connectivity index (χ1) is 15.4. The number of hydrogen-bond donors (Lipinski definition) is 0. The number of anilines is 1. The second-order valence-electron chi connectivity index (χ2n) is 8.03. The molecule has 8 nitrogen and oxygen atoms in total. The van der Waals surface area contributed by atoms with Gasteiger partial charge in [-0.3, -0.25) is 4.79 Å². The van der Waals surface area contributed by atoms with Crippen molar-refractivity contribution in [3.63, 3.8) is 0 Å². The van der Waals surface area contributed by atoms with Crippen LogP contribution in [0.15, 0.2) is 57.0 Å². The number of ether oxygens (including phenoxy) is 1. The number of piperazine rings is 1. The number of aromatic nitrogens is 2. The molecule has 0 atom stereocenters. The summed E-state index contributed by atoms with van der Waals surface area (Å²) >= 11 is 1.22. The zero-order valence-corrected chi connectivity index (χ0v) is 19.3. The Bertz CT molecular complexity index is 1250. The molecule has 3 aromatic rings. The molecule has 2 aliphatic rings. The molecule has 5 rings (SSSR count). The molecular weight excluding hydrogens is 448 g/mol. The Morgan fingerprint density at radius 3 is 2.34 bits per heavy atom. The fourth-order valence-corrected chi connectivity index (χ4v) is 6.89. The first-order valence-corrected chi connectivity index (χ1v) is 12.8. The van der Waals surface area contributed by atoms with Crippen LogP contribution in [-0.2, 0) is 29.9 Å². The molecule has 1 aliphatic carbocycles. The molecule has 3 heterocycles. The van der Waals surface area contributed by atoms with Crippen molar-refractivity contribution in [1.29, 1.82) is 0 Å². The summed E-state index contributed by atoms with van der Waals surface area (Å²) in [6.45, 7) is 1.59. The molecule has 1 saturated heterocycles. The van der Waals surface area contributed by atoms with E-state index in [4.69, 9.17) is 4.74 Å². The number of sulfonamides is 1. The second kappa shape index (κ2) is 8.34. The van der Waals surface area contributed by atoms with Crippen LogP contribution in [0.3, 0.4) is 0 Å². The predicted octanol–water partition coefficient (Wildman–Crippen LogP) is 1.90. The molecule has 0 amide bonds. The van der Waals surface area contributed by atoms with Gasteiger partial charge in [0.2, 0.25) is 5.75 Å². The van der Waals surface area contributed by atoms with Crippen LogP contribution in [0.4, 0.5) is 5.69 Å². The van der Waals surface area contributed by atoms with Crippen LogP contribution in [0.25, 0.3) is 0 Å². The Hall–Kier alpha value is -2.69. The molecule has 10 heteroatoms. The molecule has 0 bridgehead atoms. The smallest absolute Gasteiger partial charge is 0.311 e. The molecule has 168 valence electrons. The summed E-state index contributed by atoms with van der Waals surface area (Å²) < 4.78 is 35.0. The fourth-order valence-electron chi connectivity index (χ4n) is 4.32. The Morgan fingerprint density at radius 2 is 1.72 bits per heavy atom. The Labute approximate surface area is 190 Å². The summed E-state index contributed by atoms with van der Waals surface area (Å²) in [7, 11) is -1.88. The standard InChI is InChI=1S/C22H24N4O4S2/c1-24-22(27)21(30-18-13-16-5-2-3-6-17(16)14-18)19(15-23-24)25-8-10-26(11-9-25)32(28,29)20-7-4-12-31-20/h2-7,12,15,18H,8-11,13-14H2,1H3. The van der Waals surface area contributed by atoms with Gasteiger partial charge in [0.15, 0.2) is 0 Å². The van der Waals surface area contributed by atoms with Crippen LogP contribution in [0.2, 0.25) is 0 Å². The van der Waals surface area contributed by atoms with Crippen molar-refractivity contribution in [3.05, 3.63) is 69.5 Å². The predicted molar refractivity (Wildman–Crippen MR) is 123 cm³/mol. The number of rotatable bonds is 5. The lowest BCUT2D eigenvalue weighted by Gasteiger charge is -2.35. The maximum Gasteiger partial charge on any atom is 0.311 e. The maximum absolute atomic E-state index is 12.9. The lowest BCUT2D eigenvalue weighted by Crippen LogP contribution is -2.49. The highest BCUT2D eigenvalue weighted by atomic mass is 32.2. The van der Waals surface area contributed by atoms with E-state index in [0.717, 1.165) is 12.8 Å². The number of nitrogens with zero attached hydrogens (tertiary/aromatic N) is 4. The normalized spacial score (nSPS) is 17.5. The third-order valence-electron chi connectivity index (χ3n) is 6.04. The van der Waals surface area contributed by atoms with Gasteiger partial charge in [-0.1, -0.05) is 30.3 Å². The average Bonchev–Trinajstić information content (AvgIpc) is 3.47. The Kier molecular flexibility index (Phi) is 5.52. The van der Waals surface area contributed by atoms with Crippen molar-refractivity contribution >= 4 is 27.0 Å². The van der Waals surface area contributed by atoms with Gasteiger partial charge in [0.25, 0.3) is 10.0 Å². The van der Waals surface area contributed by atoms with E-state index >= 15 is 0 Å². The van der Waals surface area contributed by atoms with Gasteiger partial charge in [-0.05, 0) is 22.6 Å². The van der Waals surface area contributed by atoms with Crippen molar-refractivity contribution in [2.75, 3.05) is 31.1 Å². The third-order valence-corrected chi connectivity index (χ3v) is 9.31. The molecule has 2 aromatic heterocycles. The van der Waals surface area contributed by atoms with Gasteiger partial charge in [-0.2, -0.15) is 9.40 Å². The van der Waals surface area contributed by atoms with Gasteiger partial charge >= 0.3 is 5.56 Å². The van der Waals surface area contributed by atoms with Gasteiger partial charge < -0.3 is 9.64 Å². The average molecular weight is 473 g/mol. The van der Waals surface area contributed by atoms with E-state index < -0.39 is 10.0 Å². The van der Waals surface area contributed by atoms with E-state index in [2.05, 4.69) is 17.2 Å². The molecule has 0 radical (unpaired) electrons. The summed E-state index contributed by atoms with van der Waals surface area (Å²) in [6, 6.07) is 11.6. The van der Waals surface area contributed by atoms with Crippen LogP contribution in [0.1, 0.15) is 11.1 Å². The van der Waals surface area contributed by atoms with Gasteiger partial charge in [0.05, 0.1) is 6.20 Å². The zero-order valence-electron chi connectivity index (χ0n) is 17.7. The number of thiophene rings is 1. The van der Waals surface area contributed by atoms with Crippen molar-refractivity contribution in [2.24, 2.45) is 7.05 Å².